The maximum Gasteiger partial charge on any atom is 0.248 e. The highest BCUT2D eigenvalue weighted by molar-refractivity contribution is 7.15. The summed E-state index contributed by atoms with van der Waals surface area (Å²) in [6, 6.07) is 0. The fraction of sp³-hybridized carbons (Fsp3) is 0.636. The van der Waals surface area contributed by atoms with Crippen LogP contribution in [0.25, 0.3) is 0 Å². The van der Waals surface area contributed by atoms with Crippen molar-refractivity contribution in [1.29, 1.82) is 0 Å². The minimum absolute atomic E-state index is 0.0412. The molecule has 0 saturated heterocycles. The molecule has 0 unspecified atom stereocenters. The monoisotopic (exact) mass is 225 g/mol. The highest BCUT2D eigenvalue weighted by Crippen LogP contribution is 2.18. The molecular formula is C11H17N2OS. The van der Waals surface area contributed by atoms with Crippen molar-refractivity contribution in [2.45, 2.75) is 46.0 Å². The largest absolute Gasteiger partial charge is 0.273 e. The number of carbonyl (C=O) groups excluding carboxylic acids is 1. The van der Waals surface area contributed by atoms with Gasteiger partial charge in [-0.1, -0.05) is 38.0 Å². The van der Waals surface area contributed by atoms with E-state index >= 15 is 0 Å². The van der Waals surface area contributed by atoms with E-state index in [1.165, 1.54) is 16.2 Å². The first-order chi connectivity index (χ1) is 7.26. The van der Waals surface area contributed by atoms with Crippen molar-refractivity contribution in [3.63, 3.8) is 0 Å². The van der Waals surface area contributed by atoms with Crippen LogP contribution in [-0.2, 0) is 11.2 Å². The van der Waals surface area contributed by atoms with Crippen LogP contribution < -0.4 is 5.32 Å². The molecule has 0 aromatic carbocycles. The summed E-state index contributed by atoms with van der Waals surface area (Å²) in [5.41, 5.74) is 0. The third kappa shape index (κ3) is 4.42. The fourth-order valence-corrected chi connectivity index (χ4v) is 1.94. The van der Waals surface area contributed by atoms with E-state index in [-0.39, 0.29) is 5.91 Å². The van der Waals surface area contributed by atoms with Crippen molar-refractivity contribution in [1.82, 2.24) is 10.3 Å². The van der Waals surface area contributed by atoms with Crippen molar-refractivity contribution in [3.05, 3.63) is 11.1 Å². The second kappa shape index (κ2) is 6.56. The topological polar surface area (TPSA) is 44.1 Å². The number of hydrogen-bond acceptors (Lipinski definition) is 3. The Kier molecular flexibility index (Phi) is 5.32. The average molecular weight is 225 g/mol. The highest BCUT2D eigenvalue weighted by Gasteiger charge is 2.07. The predicted molar refractivity (Wildman–Crippen MR) is 62.4 cm³/mol. The van der Waals surface area contributed by atoms with Crippen LogP contribution in [0.3, 0.4) is 0 Å². The summed E-state index contributed by atoms with van der Waals surface area (Å²) >= 11 is 1.50. The van der Waals surface area contributed by atoms with Crippen molar-refractivity contribution in [2.75, 3.05) is 0 Å². The number of aryl methyl sites for hydroxylation is 1. The van der Waals surface area contributed by atoms with Crippen LogP contribution in [0.15, 0.2) is 6.20 Å². The lowest BCUT2D eigenvalue weighted by Crippen LogP contribution is -2.09. The molecule has 0 atom stereocenters. The zero-order valence-corrected chi connectivity index (χ0v) is 10.1. The molecular weight excluding hydrogens is 208 g/mol. The quantitative estimate of drug-likeness (QED) is 0.698. The van der Waals surface area contributed by atoms with E-state index in [0.717, 1.165) is 25.7 Å². The Hall–Kier alpha value is -0.900. The number of amides is 1. The van der Waals surface area contributed by atoms with Gasteiger partial charge in [0.25, 0.3) is 0 Å². The number of nitrogens with zero attached hydrogens (tertiary/aromatic N) is 2. The second-order valence-corrected chi connectivity index (χ2v) is 4.52. The van der Waals surface area contributed by atoms with Gasteiger partial charge in [-0.25, -0.2) is 4.98 Å². The molecule has 1 rings (SSSR count). The summed E-state index contributed by atoms with van der Waals surface area (Å²) in [7, 11) is 0. The number of unbranched alkanes of at least 4 members (excludes halogenated alkanes) is 2. The van der Waals surface area contributed by atoms with Gasteiger partial charge < -0.3 is 0 Å². The molecule has 0 saturated carbocycles. The lowest BCUT2D eigenvalue weighted by atomic mass is 10.2. The minimum atomic E-state index is -0.0412. The number of hydrogen-bond donors (Lipinski definition) is 0. The van der Waals surface area contributed by atoms with Crippen LogP contribution in [0.5, 0.6) is 0 Å². The van der Waals surface area contributed by atoms with Crippen molar-refractivity contribution >= 4 is 22.4 Å². The number of thiazole rings is 1. The molecule has 1 amide bonds. The van der Waals surface area contributed by atoms with Crippen molar-refractivity contribution < 1.29 is 4.79 Å². The molecule has 4 heteroatoms. The number of carbonyl (C=O) groups is 1. The van der Waals surface area contributed by atoms with Gasteiger partial charge in [-0.15, -0.1) is 0 Å². The average Bonchev–Trinajstić information content (AvgIpc) is 2.66. The molecule has 0 aliphatic rings. The van der Waals surface area contributed by atoms with E-state index in [4.69, 9.17) is 0 Å². The standard InChI is InChI=1S/C11H17N2OS/c1-3-5-6-7-10(14)13-11-12-8-9(4-2)15-11/h8H,3-7H2,1-2H3. The first kappa shape index (κ1) is 12.2. The molecule has 0 fully saturated rings. The van der Waals surface area contributed by atoms with Gasteiger partial charge in [0, 0.05) is 17.5 Å². The van der Waals surface area contributed by atoms with E-state index < -0.39 is 0 Å². The van der Waals surface area contributed by atoms with Gasteiger partial charge in [-0.05, 0) is 12.8 Å². The second-order valence-electron chi connectivity index (χ2n) is 3.43. The molecule has 0 N–H and O–H groups in total. The molecule has 0 spiro atoms. The molecule has 1 radical (unpaired) electrons. The molecule has 83 valence electrons. The highest BCUT2D eigenvalue weighted by atomic mass is 32.1. The molecule has 1 aromatic heterocycles. The maximum atomic E-state index is 11.4. The van der Waals surface area contributed by atoms with Crippen LogP contribution in [0.4, 0.5) is 5.13 Å². The Labute approximate surface area is 94.9 Å². The van der Waals surface area contributed by atoms with Gasteiger partial charge in [0.15, 0.2) is 0 Å². The van der Waals surface area contributed by atoms with E-state index in [0.29, 0.717) is 11.6 Å². The first-order valence-corrected chi connectivity index (χ1v) is 6.27. The normalized spacial score (nSPS) is 10.3. The van der Waals surface area contributed by atoms with Crippen molar-refractivity contribution in [3.8, 4) is 0 Å². The Morgan fingerprint density at radius 1 is 1.47 bits per heavy atom. The molecule has 0 bridgehead atoms. The summed E-state index contributed by atoms with van der Waals surface area (Å²) < 4.78 is 0. The van der Waals surface area contributed by atoms with E-state index in [2.05, 4.69) is 24.1 Å². The van der Waals surface area contributed by atoms with E-state index in [1.807, 2.05) is 0 Å². The summed E-state index contributed by atoms with van der Waals surface area (Å²) in [6.45, 7) is 4.19. The van der Waals surface area contributed by atoms with Crippen LogP contribution in [0.1, 0.15) is 44.4 Å². The molecule has 3 nitrogen and oxygen atoms in total. The zero-order valence-electron chi connectivity index (χ0n) is 9.32. The molecule has 0 aliphatic heterocycles. The molecule has 1 heterocycles. The Morgan fingerprint density at radius 3 is 2.87 bits per heavy atom. The predicted octanol–water partition coefficient (Wildman–Crippen LogP) is 3.05. The van der Waals surface area contributed by atoms with Gasteiger partial charge in [-0.3, -0.25) is 4.79 Å². The molecule has 0 aliphatic carbocycles. The Bertz CT molecular complexity index is 309. The van der Waals surface area contributed by atoms with Gasteiger partial charge in [0.05, 0.1) is 0 Å². The number of aromatic nitrogens is 1. The minimum Gasteiger partial charge on any atom is -0.273 e. The lowest BCUT2D eigenvalue weighted by Gasteiger charge is -1.97. The van der Waals surface area contributed by atoms with Crippen LogP contribution in [-0.4, -0.2) is 10.9 Å². The first-order valence-electron chi connectivity index (χ1n) is 5.45. The maximum absolute atomic E-state index is 11.4. The molecule has 1 aromatic rings. The summed E-state index contributed by atoms with van der Waals surface area (Å²) in [5, 5.41) is 4.57. The van der Waals surface area contributed by atoms with Crippen molar-refractivity contribution in [2.24, 2.45) is 0 Å². The lowest BCUT2D eigenvalue weighted by molar-refractivity contribution is -0.120. The summed E-state index contributed by atoms with van der Waals surface area (Å²) in [5.74, 6) is -0.0412. The van der Waals surface area contributed by atoms with E-state index in [9.17, 15) is 4.79 Å². The number of rotatable bonds is 6. The van der Waals surface area contributed by atoms with Gasteiger partial charge >= 0.3 is 0 Å². The SMILES string of the molecule is CCCCCC(=O)[N]c1ncc(CC)s1. The van der Waals surface area contributed by atoms with E-state index in [1.54, 1.807) is 6.20 Å². The van der Waals surface area contributed by atoms with Crippen LogP contribution in [0, 0.1) is 0 Å². The molecule has 15 heavy (non-hydrogen) atoms. The smallest absolute Gasteiger partial charge is 0.248 e. The summed E-state index contributed by atoms with van der Waals surface area (Å²) in [4.78, 5) is 16.6. The Balaban J connectivity index is 2.31. The van der Waals surface area contributed by atoms with Gasteiger partial charge in [0.1, 0.15) is 0 Å². The fourth-order valence-electron chi connectivity index (χ4n) is 1.20. The van der Waals surface area contributed by atoms with Gasteiger partial charge in [0.2, 0.25) is 11.0 Å². The Morgan fingerprint density at radius 2 is 2.27 bits per heavy atom. The summed E-state index contributed by atoms with van der Waals surface area (Å²) in [6.07, 6.45) is 6.46. The van der Waals surface area contributed by atoms with Crippen LogP contribution >= 0.6 is 11.3 Å². The third-order valence-electron chi connectivity index (χ3n) is 2.10. The van der Waals surface area contributed by atoms with Crippen LogP contribution in [0.2, 0.25) is 0 Å². The van der Waals surface area contributed by atoms with Gasteiger partial charge in [-0.2, -0.15) is 5.32 Å². The third-order valence-corrected chi connectivity index (χ3v) is 3.14. The zero-order chi connectivity index (χ0) is 11.1.